The van der Waals surface area contributed by atoms with Crippen LogP contribution in [0, 0.1) is 0 Å². The number of pyridine rings is 1. The molecular weight excluding hydrogens is 417 g/mol. The second-order valence-electron chi connectivity index (χ2n) is 6.44. The zero-order valence-corrected chi connectivity index (χ0v) is 17.3. The van der Waals surface area contributed by atoms with Crippen LogP contribution >= 0.6 is 34.5 Å². The summed E-state index contributed by atoms with van der Waals surface area (Å²) in [6, 6.07) is 7.14. The van der Waals surface area contributed by atoms with Gasteiger partial charge in [-0.1, -0.05) is 23.2 Å². The van der Waals surface area contributed by atoms with Gasteiger partial charge in [0.25, 0.3) is 5.91 Å². The van der Waals surface area contributed by atoms with E-state index >= 15 is 0 Å². The molecule has 9 heteroatoms. The number of fused-ring (bicyclic) bond motifs is 1. The molecule has 0 saturated heterocycles. The van der Waals surface area contributed by atoms with Gasteiger partial charge in [-0.2, -0.15) is 5.10 Å². The summed E-state index contributed by atoms with van der Waals surface area (Å²) in [6.45, 7) is 4.06. The molecule has 6 nitrogen and oxygen atoms in total. The Balaban J connectivity index is 1.56. The number of nitrogens with one attached hydrogen (secondary N) is 1. The summed E-state index contributed by atoms with van der Waals surface area (Å²) in [6.07, 6.45) is 3.25. The number of anilines is 1. The Morgan fingerprint density at radius 1 is 1.21 bits per heavy atom. The molecule has 0 fully saturated rings. The third-order valence-electron chi connectivity index (χ3n) is 4.11. The number of hydrogen-bond acceptors (Lipinski definition) is 5. The van der Waals surface area contributed by atoms with Crippen LogP contribution in [-0.2, 0) is 0 Å². The predicted molar refractivity (Wildman–Crippen MR) is 113 cm³/mol. The summed E-state index contributed by atoms with van der Waals surface area (Å²) < 4.78 is 1.82. The van der Waals surface area contributed by atoms with E-state index in [1.54, 1.807) is 36.7 Å². The van der Waals surface area contributed by atoms with Crippen molar-refractivity contribution in [1.29, 1.82) is 0 Å². The van der Waals surface area contributed by atoms with Gasteiger partial charge in [-0.3, -0.25) is 10.1 Å². The minimum atomic E-state index is -0.287. The van der Waals surface area contributed by atoms with Crippen molar-refractivity contribution in [3.8, 4) is 11.3 Å². The monoisotopic (exact) mass is 431 g/mol. The fourth-order valence-corrected chi connectivity index (χ4v) is 3.85. The average Bonchev–Trinajstić information content (AvgIpc) is 3.30. The first-order valence-corrected chi connectivity index (χ1v) is 10.1. The molecule has 142 valence electrons. The van der Waals surface area contributed by atoms with Crippen molar-refractivity contribution < 1.29 is 4.79 Å². The second kappa shape index (κ2) is 7.50. The van der Waals surface area contributed by atoms with Crippen molar-refractivity contribution in [1.82, 2.24) is 19.7 Å². The van der Waals surface area contributed by atoms with Crippen LogP contribution in [0.25, 0.3) is 22.3 Å². The number of carbonyl (C=O) groups excluding carboxylic acids is 1. The molecule has 4 aromatic rings. The summed E-state index contributed by atoms with van der Waals surface area (Å²) in [5, 5.41) is 11.3. The standard InChI is InChI=1S/C19H15Cl2N5OS/c1-10(2)26-17-11(8-23-26)5-12(7-22-17)18(27)25-19-24-16(9-28-19)14-6-13(20)3-4-15(14)21/h3-10H,1-2H3,(H,24,25,27). The van der Waals surface area contributed by atoms with Gasteiger partial charge in [0.2, 0.25) is 0 Å². The third-order valence-corrected chi connectivity index (χ3v) is 5.44. The van der Waals surface area contributed by atoms with Crippen LogP contribution < -0.4 is 5.32 Å². The molecule has 0 radical (unpaired) electrons. The maximum absolute atomic E-state index is 12.6. The van der Waals surface area contributed by atoms with Crippen molar-refractivity contribution in [2.24, 2.45) is 0 Å². The van der Waals surface area contributed by atoms with E-state index in [4.69, 9.17) is 23.2 Å². The quantitative estimate of drug-likeness (QED) is 0.449. The smallest absolute Gasteiger partial charge is 0.259 e. The lowest BCUT2D eigenvalue weighted by Crippen LogP contribution is -2.12. The Kier molecular flexibility index (Phi) is 5.05. The van der Waals surface area contributed by atoms with E-state index in [0.717, 1.165) is 16.6 Å². The van der Waals surface area contributed by atoms with Crippen LogP contribution in [0.15, 0.2) is 42.0 Å². The highest BCUT2D eigenvalue weighted by molar-refractivity contribution is 7.14. The minimum Gasteiger partial charge on any atom is -0.298 e. The van der Waals surface area contributed by atoms with Crippen LogP contribution in [0.3, 0.4) is 0 Å². The molecule has 0 aliphatic rings. The van der Waals surface area contributed by atoms with E-state index in [-0.39, 0.29) is 11.9 Å². The van der Waals surface area contributed by atoms with Crippen LogP contribution in [0.2, 0.25) is 10.0 Å². The zero-order chi connectivity index (χ0) is 19.8. The van der Waals surface area contributed by atoms with Gasteiger partial charge in [0.05, 0.1) is 22.5 Å². The van der Waals surface area contributed by atoms with Gasteiger partial charge in [-0.15, -0.1) is 11.3 Å². The Hall–Kier alpha value is -2.48. The van der Waals surface area contributed by atoms with Crippen LogP contribution in [0.4, 0.5) is 5.13 Å². The number of amides is 1. The molecule has 0 bridgehead atoms. The first kappa shape index (κ1) is 18.9. The molecule has 3 heterocycles. The van der Waals surface area contributed by atoms with Crippen molar-refractivity contribution >= 4 is 56.6 Å². The molecule has 0 aliphatic heterocycles. The van der Waals surface area contributed by atoms with Gasteiger partial charge in [0.1, 0.15) is 0 Å². The maximum atomic E-state index is 12.6. The molecule has 1 aromatic carbocycles. The lowest BCUT2D eigenvalue weighted by Gasteiger charge is -2.06. The number of aromatic nitrogens is 4. The van der Waals surface area contributed by atoms with Crippen molar-refractivity contribution in [3.63, 3.8) is 0 Å². The molecule has 0 spiro atoms. The van der Waals surface area contributed by atoms with E-state index in [0.29, 0.717) is 26.4 Å². The summed E-state index contributed by atoms with van der Waals surface area (Å²) in [5.41, 5.74) is 2.56. The molecule has 1 N–H and O–H groups in total. The molecule has 3 aromatic heterocycles. The summed E-state index contributed by atoms with van der Waals surface area (Å²) >= 11 is 13.6. The van der Waals surface area contributed by atoms with Gasteiger partial charge < -0.3 is 0 Å². The Labute approximate surface area is 175 Å². The Morgan fingerprint density at radius 3 is 2.82 bits per heavy atom. The van der Waals surface area contributed by atoms with Gasteiger partial charge >= 0.3 is 0 Å². The van der Waals surface area contributed by atoms with Gasteiger partial charge in [0, 0.05) is 33.6 Å². The summed E-state index contributed by atoms with van der Waals surface area (Å²) in [7, 11) is 0. The van der Waals surface area contributed by atoms with E-state index in [1.807, 2.05) is 23.9 Å². The van der Waals surface area contributed by atoms with Gasteiger partial charge in [-0.05, 0) is 38.1 Å². The lowest BCUT2D eigenvalue weighted by atomic mass is 10.2. The fraction of sp³-hybridized carbons (Fsp3) is 0.158. The minimum absolute atomic E-state index is 0.191. The van der Waals surface area contributed by atoms with Crippen LogP contribution in [0.5, 0.6) is 0 Å². The molecule has 0 unspecified atom stereocenters. The number of thiazole rings is 1. The molecule has 0 atom stereocenters. The van der Waals surface area contributed by atoms with Crippen molar-refractivity contribution in [2.45, 2.75) is 19.9 Å². The van der Waals surface area contributed by atoms with E-state index in [9.17, 15) is 4.79 Å². The van der Waals surface area contributed by atoms with E-state index in [2.05, 4.69) is 20.4 Å². The zero-order valence-electron chi connectivity index (χ0n) is 15.0. The van der Waals surface area contributed by atoms with Crippen molar-refractivity contribution in [3.05, 3.63) is 57.6 Å². The molecule has 0 aliphatic carbocycles. The number of halogens is 2. The largest absolute Gasteiger partial charge is 0.298 e. The fourth-order valence-electron chi connectivity index (χ4n) is 2.76. The Bertz CT molecular complexity index is 1180. The van der Waals surface area contributed by atoms with Gasteiger partial charge in [0.15, 0.2) is 10.8 Å². The highest BCUT2D eigenvalue weighted by atomic mass is 35.5. The number of hydrogen-bond donors (Lipinski definition) is 1. The normalized spacial score (nSPS) is 11.3. The van der Waals surface area contributed by atoms with Crippen LogP contribution in [-0.4, -0.2) is 25.7 Å². The molecule has 4 rings (SSSR count). The highest BCUT2D eigenvalue weighted by Gasteiger charge is 2.14. The maximum Gasteiger partial charge on any atom is 0.259 e. The first-order chi connectivity index (χ1) is 13.4. The van der Waals surface area contributed by atoms with E-state index in [1.165, 1.54) is 11.3 Å². The Morgan fingerprint density at radius 2 is 2.04 bits per heavy atom. The topological polar surface area (TPSA) is 72.7 Å². The summed E-state index contributed by atoms with van der Waals surface area (Å²) in [5.74, 6) is -0.287. The number of benzene rings is 1. The first-order valence-electron chi connectivity index (χ1n) is 8.48. The summed E-state index contributed by atoms with van der Waals surface area (Å²) in [4.78, 5) is 21.4. The molecular formula is C19H15Cl2N5OS. The van der Waals surface area contributed by atoms with E-state index < -0.39 is 0 Å². The predicted octanol–water partition coefficient (Wildman–Crippen LogP) is 5.69. The third kappa shape index (κ3) is 3.61. The van der Waals surface area contributed by atoms with Crippen LogP contribution in [0.1, 0.15) is 30.2 Å². The SMILES string of the molecule is CC(C)n1ncc2cc(C(=O)Nc3nc(-c4cc(Cl)ccc4Cl)cs3)cnc21. The lowest BCUT2D eigenvalue weighted by molar-refractivity contribution is 0.102. The molecule has 28 heavy (non-hydrogen) atoms. The number of carbonyl (C=O) groups is 1. The highest BCUT2D eigenvalue weighted by Crippen LogP contribution is 2.32. The van der Waals surface area contributed by atoms with Crippen molar-refractivity contribution in [2.75, 3.05) is 5.32 Å². The number of rotatable bonds is 4. The van der Waals surface area contributed by atoms with Gasteiger partial charge in [-0.25, -0.2) is 14.6 Å². The number of nitrogens with zero attached hydrogens (tertiary/aromatic N) is 4. The molecule has 0 saturated carbocycles. The average molecular weight is 432 g/mol. The molecule has 1 amide bonds. The second-order valence-corrected chi connectivity index (χ2v) is 8.14.